The van der Waals surface area contributed by atoms with Gasteiger partial charge >= 0.3 is 5.97 Å². The Morgan fingerprint density at radius 2 is 1.60 bits per heavy atom. The summed E-state index contributed by atoms with van der Waals surface area (Å²) in [7, 11) is 0. The third-order valence-electron chi connectivity index (χ3n) is 7.48. The van der Waals surface area contributed by atoms with Crippen LogP contribution in [-0.2, 0) is 35.1 Å². The Hall–Kier alpha value is -4.80. The molecule has 3 amide bonds. The number of aliphatic hydroxyl groups is 1. The average Bonchev–Trinajstić information content (AvgIpc) is 3.08. The lowest BCUT2D eigenvalue weighted by atomic mass is 9.95. The first-order chi connectivity index (χ1) is 22.8. The van der Waals surface area contributed by atoms with Crippen LogP contribution < -0.4 is 16.0 Å². The first-order valence-corrected chi connectivity index (χ1v) is 15.8. The number of allylic oxidation sites excluding steroid dienone is 2. The molecule has 0 fully saturated rings. The van der Waals surface area contributed by atoms with Gasteiger partial charge in [-0.2, -0.15) is 0 Å². The van der Waals surface area contributed by atoms with Gasteiger partial charge in [0, 0.05) is 18.7 Å². The number of hydrogen-bond acceptors (Lipinski definition) is 7. The van der Waals surface area contributed by atoms with Crippen molar-refractivity contribution in [2.75, 3.05) is 38.3 Å². The van der Waals surface area contributed by atoms with Crippen molar-refractivity contribution in [1.29, 1.82) is 0 Å². The molecule has 3 aromatic rings. The second-order valence-corrected chi connectivity index (χ2v) is 11.1. The summed E-state index contributed by atoms with van der Waals surface area (Å²) in [5.41, 5.74) is 1.49. The summed E-state index contributed by atoms with van der Waals surface area (Å²) in [6.07, 6.45) is 4.86. The highest BCUT2D eigenvalue weighted by molar-refractivity contribution is 5.99. The molecule has 3 rings (SSSR count). The van der Waals surface area contributed by atoms with E-state index in [1.807, 2.05) is 66.7 Å². The van der Waals surface area contributed by atoms with E-state index < -0.39 is 42.3 Å². The Bertz CT molecular complexity index is 1480. The Labute approximate surface area is 276 Å². The first-order valence-electron chi connectivity index (χ1n) is 15.8. The molecule has 10 nitrogen and oxygen atoms in total. The maximum atomic E-state index is 13.6. The fourth-order valence-corrected chi connectivity index (χ4v) is 4.98. The Kier molecular flexibility index (Phi) is 15.9. The summed E-state index contributed by atoms with van der Waals surface area (Å²) in [5, 5.41) is 19.0. The zero-order valence-corrected chi connectivity index (χ0v) is 26.7. The number of rotatable bonds is 21. The summed E-state index contributed by atoms with van der Waals surface area (Å²) < 4.78 is 10.8. The SMILES string of the molecule is C=CCC[C@H](Cc1ccccc1)C(=O)OC[C@H](NC(=O)[C@@H](CC=C)CC(=O)NCCOCCO)C(=O)Nc1ccc2ccccc2c1. The molecule has 0 aromatic heterocycles. The van der Waals surface area contributed by atoms with Gasteiger partial charge < -0.3 is 30.5 Å². The number of carbonyl (C=O) groups excluding carboxylic acids is 4. The van der Waals surface area contributed by atoms with E-state index in [0.717, 1.165) is 16.3 Å². The summed E-state index contributed by atoms with van der Waals surface area (Å²) >= 11 is 0. The van der Waals surface area contributed by atoms with Gasteiger partial charge in [-0.3, -0.25) is 19.2 Å². The lowest BCUT2D eigenvalue weighted by Crippen LogP contribution is -2.49. The van der Waals surface area contributed by atoms with Crippen LogP contribution in [0.4, 0.5) is 5.69 Å². The number of carbonyl (C=O) groups is 4. The van der Waals surface area contributed by atoms with Gasteiger partial charge in [-0.05, 0) is 54.2 Å². The van der Waals surface area contributed by atoms with E-state index in [9.17, 15) is 19.2 Å². The fraction of sp³-hybridized carbons (Fsp3) is 0.351. The van der Waals surface area contributed by atoms with Crippen LogP contribution in [-0.4, -0.2) is 67.8 Å². The van der Waals surface area contributed by atoms with E-state index in [-0.39, 0.29) is 45.1 Å². The summed E-state index contributed by atoms with van der Waals surface area (Å²) in [6.45, 7) is 7.53. The van der Waals surface area contributed by atoms with Crippen LogP contribution in [0.5, 0.6) is 0 Å². The number of fused-ring (bicyclic) bond motifs is 1. The number of ether oxygens (including phenoxy) is 2. The van der Waals surface area contributed by atoms with Gasteiger partial charge in [0.15, 0.2) is 0 Å². The van der Waals surface area contributed by atoms with Crippen molar-refractivity contribution in [2.45, 2.75) is 38.1 Å². The molecule has 0 aliphatic carbocycles. The van der Waals surface area contributed by atoms with E-state index in [4.69, 9.17) is 14.6 Å². The molecule has 0 bridgehead atoms. The van der Waals surface area contributed by atoms with Gasteiger partial charge in [-0.25, -0.2) is 0 Å². The highest BCUT2D eigenvalue weighted by Gasteiger charge is 2.29. The maximum Gasteiger partial charge on any atom is 0.309 e. The van der Waals surface area contributed by atoms with E-state index in [1.165, 1.54) is 6.08 Å². The monoisotopic (exact) mass is 643 g/mol. The van der Waals surface area contributed by atoms with E-state index in [1.54, 1.807) is 12.1 Å². The van der Waals surface area contributed by atoms with Gasteiger partial charge in [0.25, 0.3) is 5.91 Å². The van der Waals surface area contributed by atoms with Gasteiger partial charge in [-0.1, -0.05) is 72.8 Å². The van der Waals surface area contributed by atoms with Crippen molar-refractivity contribution in [1.82, 2.24) is 10.6 Å². The Balaban J connectivity index is 1.74. The normalized spacial score (nSPS) is 12.7. The molecule has 3 atom stereocenters. The van der Waals surface area contributed by atoms with E-state index >= 15 is 0 Å². The number of hydrogen-bond donors (Lipinski definition) is 4. The topological polar surface area (TPSA) is 143 Å². The molecule has 4 N–H and O–H groups in total. The molecule has 3 aromatic carbocycles. The minimum atomic E-state index is -1.24. The van der Waals surface area contributed by atoms with E-state index in [2.05, 4.69) is 29.1 Å². The minimum Gasteiger partial charge on any atom is -0.463 e. The zero-order valence-electron chi connectivity index (χ0n) is 26.7. The van der Waals surface area contributed by atoms with Crippen LogP contribution >= 0.6 is 0 Å². The van der Waals surface area contributed by atoms with Gasteiger partial charge in [0.2, 0.25) is 11.8 Å². The number of benzene rings is 3. The predicted octanol–water partition coefficient (Wildman–Crippen LogP) is 4.34. The van der Waals surface area contributed by atoms with Crippen LogP contribution in [0.2, 0.25) is 0 Å². The van der Waals surface area contributed by atoms with Crippen molar-refractivity contribution in [3.05, 3.63) is 104 Å². The average molecular weight is 644 g/mol. The van der Waals surface area contributed by atoms with E-state index in [0.29, 0.717) is 24.9 Å². The molecule has 0 saturated heterocycles. The molecule has 47 heavy (non-hydrogen) atoms. The van der Waals surface area contributed by atoms with Crippen molar-refractivity contribution in [2.24, 2.45) is 11.8 Å². The largest absolute Gasteiger partial charge is 0.463 e. The smallest absolute Gasteiger partial charge is 0.309 e. The molecule has 0 heterocycles. The van der Waals surface area contributed by atoms with Crippen molar-refractivity contribution in [3.63, 3.8) is 0 Å². The third kappa shape index (κ3) is 12.8. The lowest BCUT2D eigenvalue weighted by molar-refractivity contribution is -0.150. The lowest BCUT2D eigenvalue weighted by Gasteiger charge is -2.23. The second-order valence-electron chi connectivity index (χ2n) is 11.1. The van der Waals surface area contributed by atoms with Gasteiger partial charge in [0.1, 0.15) is 12.6 Å². The highest BCUT2D eigenvalue weighted by Crippen LogP contribution is 2.20. The number of aliphatic hydroxyl groups excluding tert-OH is 1. The highest BCUT2D eigenvalue weighted by atomic mass is 16.5. The van der Waals surface area contributed by atoms with Crippen molar-refractivity contribution in [3.8, 4) is 0 Å². The van der Waals surface area contributed by atoms with Crippen LogP contribution in [0.1, 0.15) is 31.2 Å². The molecule has 10 heteroatoms. The first kappa shape index (κ1) is 36.7. The third-order valence-corrected chi connectivity index (χ3v) is 7.48. The maximum absolute atomic E-state index is 13.6. The van der Waals surface area contributed by atoms with Gasteiger partial charge in [-0.15, -0.1) is 13.2 Å². The Morgan fingerprint density at radius 1 is 0.851 bits per heavy atom. The summed E-state index contributed by atoms with van der Waals surface area (Å²) in [6, 6.07) is 21.5. The quantitative estimate of drug-likeness (QED) is 0.0769. The Morgan fingerprint density at radius 3 is 2.32 bits per heavy atom. The van der Waals surface area contributed by atoms with Crippen LogP contribution in [0.15, 0.2) is 98.1 Å². The molecule has 0 radical (unpaired) electrons. The molecule has 0 aliphatic rings. The molecule has 0 unspecified atom stereocenters. The molecular weight excluding hydrogens is 598 g/mol. The van der Waals surface area contributed by atoms with Crippen molar-refractivity contribution >= 4 is 40.2 Å². The fourth-order valence-electron chi connectivity index (χ4n) is 4.98. The summed E-state index contributed by atoms with van der Waals surface area (Å²) in [4.78, 5) is 53.0. The number of esters is 1. The standard InChI is InChI=1S/C37H45N3O7/c1-3-5-14-31(23-27-12-7-6-8-13-27)37(45)47-26-33(36(44)39-32-18-17-28-15-9-10-16-29(28)24-32)40-35(43)30(11-4-2)25-34(42)38-19-21-46-22-20-41/h3-4,6-10,12-13,15-18,24,30-31,33,41H,1-2,5,11,14,19-23,25-26H2,(H,38,42)(H,39,44)(H,40,43)/t30-,31+,33-/m0/s1. The molecule has 0 spiro atoms. The van der Waals surface area contributed by atoms with Crippen LogP contribution in [0.25, 0.3) is 10.8 Å². The van der Waals surface area contributed by atoms with Crippen LogP contribution in [0.3, 0.4) is 0 Å². The molecular formula is C37H45N3O7. The molecule has 250 valence electrons. The molecule has 0 saturated carbocycles. The van der Waals surface area contributed by atoms with Crippen LogP contribution in [0, 0.1) is 11.8 Å². The second kappa shape index (κ2) is 20.3. The minimum absolute atomic E-state index is 0.122. The number of nitrogens with one attached hydrogen (secondary N) is 3. The van der Waals surface area contributed by atoms with Crippen molar-refractivity contribution < 1.29 is 33.8 Å². The zero-order chi connectivity index (χ0) is 33.9. The van der Waals surface area contributed by atoms with Gasteiger partial charge in [0.05, 0.1) is 31.7 Å². The molecule has 0 aliphatic heterocycles. The number of amides is 3. The number of anilines is 1. The predicted molar refractivity (Wildman–Crippen MR) is 182 cm³/mol. The summed E-state index contributed by atoms with van der Waals surface area (Å²) in [5.74, 6) is -3.30.